The van der Waals surface area contributed by atoms with Crippen LogP contribution in [0.5, 0.6) is 0 Å². The fourth-order valence-electron chi connectivity index (χ4n) is 1.19. The molecule has 1 aliphatic rings. The van der Waals surface area contributed by atoms with Crippen molar-refractivity contribution < 1.29 is 9.53 Å². The average Bonchev–Trinajstić information content (AvgIpc) is 2.39. The van der Waals surface area contributed by atoms with Gasteiger partial charge in [0.2, 0.25) is 5.91 Å². The fourth-order valence-corrected chi connectivity index (χ4v) is 1.19. The number of carbonyl (C=O) groups excluding carboxylic acids is 1. The van der Waals surface area contributed by atoms with E-state index >= 15 is 0 Å². The van der Waals surface area contributed by atoms with Gasteiger partial charge < -0.3 is 10.5 Å². The molecule has 11 heavy (non-hydrogen) atoms. The van der Waals surface area contributed by atoms with E-state index in [0.29, 0.717) is 17.9 Å². The largest absolute Gasteiger partial charge is 0.381 e. The van der Waals surface area contributed by atoms with Crippen LogP contribution in [-0.4, -0.2) is 19.1 Å². The predicted molar refractivity (Wildman–Crippen MR) is 41.9 cm³/mol. The second-order valence-electron chi connectivity index (χ2n) is 2.90. The quantitative estimate of drug-likeness (QED) is 0.602. The minimum atomic E-state index is -0.392. The molecular formula is C8H13NO2. The van der Waals surface area contributed by atoms with Gasteiger partial charge in [0.15, 0.2) is 0 Å². The maximum Gasteiger partial charge on any atom is 0.244 e. The maximum absolute atomic E-state index is 10.6. The van der Waals surface area contributed by atoms with Crippen LogP contribution in [0.1, 0.15) is 12.8 Å². The molecule has 0 bridgehead atoms. The Hall–Kier alpha value is -0.830. The number of nitrogens with two attached hydrogens (primary N) is 1. The summed E-state index contributed by atoms with van der Waals surface area (Å²) in [5, 5.41) is 0. The molecular weight excluding hydrogens is 142 g/mol. The molecule has 0 aromatic heterocycles. The van der Waals surface area contributed by atoms with Crippen molar-refractivity contribution >= 4 is 5.91 Å². The third kappa shape index (κ3) is 2.35. The molecule has 1 saturated heterocycles. The zero-order valence-corrected chi connectivity index (χ0v) is 6.51. The molecule has 0 aromatic rings. The summed E-state index contributed by atoms with van der Waals surface area (Å²) < 4.78 is 5.14. The number of primary amides is 1. The number of ether oxygens (including phenoxy) is 1. The van der Waals surface area contributed by atoms with Gasteiger partial charge in [-0.05, 0) is 18.8 Å². The summed E-state index contributed by atoms with van der Waals surface area (Å²) in [6.07, 6.45) is 1.71. The average molecular weight is 155 g/mol. The van der Waals surface area contributed by atoms with Crippen LogP contribution in [0.25, 0.3) is 0 Å². The van der Waals surface area contributed by atoms with Crippen LogP contribution in [0, 0.1) is 5.92 Å². The second-order valence-corrected chi connectivity index (χ2v) is 2.90. The van der Waals surface area contributed by atoms with Gasteiger partial charge in [-0.25, -0.2) is 0 Å². The van der Waals surface area contributed by atoms with E-state index in [4.69, 9.17) is 10.5 Å². The molecule has 1 fully saturated rings. The standard InChI is InChI=1S/C8H13NO2/c1-6(8(9)10)4-7-2-3-11-5-7/h7H,1-5H2,(H2,9,10)/t7-/m0/s1. The summed E-state index contributed by atoms with van der Waals surface area (Å²) in [4.78, 5) is 10.6. The van der Waals surface area contributed by atoms with Gasteiger partial charge in [-0.2, -0.15) is 0 Å². The number of amides is 1. The Morgan fingerprint density at radius 2 is 2.45 bits per heavy atom. The van der Waals surface area contributed by atoms with Crippen molar-refractivity contribution in [3.05, 3.63) is 12.2 Å². The highest BCUT2D eigenvalue weighted by molar-refractivity contribution is 5.91. The molecule has 0 unspecified atom stereocenters. The maximum atomic E-state index is 10.6. The third-order valence-electron chi connectivity index (χ3n) is 1.91. The minimum Gasteiger partial charge on any atom is -0.381 e. The fraction of sp³-hybridized carbons (Fsp3) is 0.625. The van der Waals surface area contributed by atoms with Crippen molar-refractivity contribution in [2.24, 2.45) is 11.7 Å². The summed E-state index contributed by atoms with van der Waals surface area (Å²) in [6, 6.07) is 0. The summed E-state index contributed by atoms with van der Waals surface area (Å²) in [5.74, 6) is 0.0619. The van der Waals surface area contributed by atoms with Gasteiger partial charge in [0.05, 0.1) is 0 Å². The topological polar surface area (TPSA) is 52.3 Å². The van der Waals surface area contributed by atoms with Gasteiger partial charge in [0.25, 0.3) is 0 Å². The molecule has 0 spiro atoms. The Bertz CT molecular complexity index is 171. The predicted octanol–water partition coefficient (Wildman–Crippen LogP) is 0.455. The molecule has 1 amide bonds. The molecule has 0 radical (unpaired) electrons. The number of hydrogen-bond donors (Lipinski definition) is 1. The van der Waals surface area contributed by atoms with E-state index in [-0.39, 0.29) is 0 Å². The van der Waals surface area contributed by atoms with E-state index in [0.717, 1.165) is 19.6 Å². The Labute approximate surface area is 66.2 Å². The van der Waals surface area contributed by atoms with Gasteiger partial charge in [0, 0.05) is 18.8 Å². The SMILES string of the molecule is C=C(C[C@@H]1CCOC1)C(N)=O. The van der Waals surface area contributed by atoms with Gasteiger partial charge in [0.1, 0.15) is 0 Å². The lowest BCUT2D eigenvalue weighted by atomic mass is 10.00. The van der Waals surface area contributed by atoms with Crippen LogP contribution in [-0.2, 0) is 9.53 Å². The zero-order valence-electron chi connectivity index (χ0n) is 6.51. The van der Waals surface area contributed by atoms with Crippen LogP contribution in [0.3, 0.4) is 0 Å². The molecule has 1 atom stereocenters. The summed E-state index contributed by atoms with van der Waals surface area (Å²) in [6.45, 7) is 5.13. The highest BCUT2D eigenvalue weighted by Crippen LogP contribution is 2.19. The van der Waals surface area contributed by atoms with E-state index < -0.39 is 5.91 Å². The van der Waals surface area contributed by atoms with Crippen molar-refractivity contribution in [2.75, 3.05) is 13.2 Å². The Morgan fingerprint density at radius 3 is 2.91 bits per heavy atom. The van der Waals surface area contributed by atoms with E-state index in [1.165, 1.54) is 0 Å². The first-order valence-electron chi connectivity index (χ1n) is 3.75. The first-order valence-corrected chi connectivity index (χ1v) is 3.75. The van der Waals surface area contributed by atoms with Crippen molar-refractivity contribution in [3.63, 3.8) is 0 Å². The van der Waals surface area contributed by atoms with E-state index in [1.807, 2.05) is 0 Å². The molecule has 0 aliphatic carbocycles. The van der Waals surface area contributed by atoms with E-state index in [2.05, 4.69) is 6.58 Å². The molecule has 1 aliphatic heterocycles. The lowest BCUT2D eigenvalue weighted by Crippen LogP contribution is -2.15. The molecule has 3 heteroatoms. The third-order valence-corrected chi connectivity index (χ3v) is 1.91. The van der Waals surface area contributed by atoms with E-state index in [1.54, 1.807) is 0 Å². The molecule has 3 nitrogen and oxygen atoms in total. The van der Waals surface area contributed by atoms with Crippen LogP contribution < -0.4 is 5.73 Å². The summed E-state index contributed by atoms with van der Waals surface area (Å²) in [7, 11) is 0. The van der Waals surface area contributed by atoms with Gasteiger partial charge in [-0.1, -0.05) is 6.58 Å². The monoisotopic (exact) mass is 155 g/mol. The lowest BCUT2D eigenvalue weighted by Gasteiger charge is -2.06. The summed E-state index contributed by atoms with van der Waals surface area (Å²) in [5.41, 5.74) is 5.55. The smallest absolute Gasteiger partial charge is 0.244 e. The molecule has 2 N–H and O–H groups in total. The van der Waals surface area contributed by atoms with Crippen molar-refractivity contribution in [3.8, 4) is 0 Å². The first-order chi connectivity index (χ1) is 5.20. The first kappa shape index (κ1) is 8.27. The van der Waals surface area contributed by atoms with E-state index in [9.17, 15) is 4.79 Å². The van der Waals surface area contributed by atoms with Crippen LogP contribution in [0.4, 0.5) is 0 Å². The number of hydrogen-bond acceptors (Lipinski definition) is 2. The van der Waals surface area contributed by atoms with Crippen LogP contribution in [0.15, 0.2) is 12.2 Å². The number of carbonyl (C=O) groups is 1. The van der Waals surface area contributed by atoms with Gasteiger partial charge in [-0.3, -0.25) is 4.79 Å². The molecule has 62 valence electrons. The normalized spacial score (nSPS) is 23.5. The second kappa shape index (κ2) is 3.53. The highest BCUT2D eigenvalue weighted by atomic mass is 16.5. The Morgan fingerprint density at radius 1 is 1.73 bits per heavy atom. The Kier molecular flexibility index (Phi) is 2.65. The van der Waals surface area contributed by atoms with Crippen molar-refractivity contribution in [1.82, 2.24) is 0 Å². The van der Waals surface area contributed by atoms with Crippen molar-refractivity contribution in [1.29, 1.82) is 0 Å². The van der Waals surface area contributed by atoms with Crippen LogP contribution >= 0.6 is 0 Å². The molecule has 0 saturated carbocycles. The zero-order chi connectivity index (χ0) is 8.27. The molecule has 0 aromatic carbocycles. The summed E-state index contributed by atoms with van der Waals surface area (Å²) >= 11 is 0. The van der Waals surface area contributed by atoms with Gasteiger partial charge >= 0.3 is 0 Å². The minimum absolute atomic E-state index is 0.392. The number of rotatable bonds is 3. The molecule has 1 heterocycles. The van der Waals surface area contributed by atoms with Crippen molar-refractivity contribution in [2.45, 2.75) is 12.8 Å². The highest BCUT2D eigenvalue weighted by Gasteiger charge is 2.17. The Balaban J connectivity index is 2.29. The molecule has 1 rings (SSSR count). The van der Waals surface area contributed by atoms with Gasteiger partial charge in [-0.15, -0.1) is 0 Å². The van der Waals surface area contributed by atoms with Crippen LogP contribution in [0.2, 0.25) is 0 Å². The lowest BCUT2D eigenvalue weighted by molar-refractivity contribution is -0.114.